The van der Waals surface area contributed by atoms with Crippen molar-refractivity contribution in [3.05, 3.63) is 70.3 Å². The van der Waals surface area contributed by atoms with Gasteiger partial charge in [-0.05, 0) is 24.1 Å². The first-order valence-corrected chi connectivity index (χ1v) is 7.27. The fourth-order valence-corrected chi connectivity index (χ4v) is 2.86. The molecule has 0 amide bonds. The Bertz CT molecular complexity index is 805. The lowest BCUT2D eigenvalue weighted by molar-refractivity contribution is -0.386. The van der Waals surface area contributed by atoms with Gasteiger partial charge in [0.05, 0.1) is 22.8 Å². The highest BCUT2D eigenvalue weighted by atomic mass is 16.6. The minimum Gasteiger partial charge on any atom is -0.461 e. The van der Waals surface area contributed by atoms with Crippen molar-refractivity contribution < 1.29 is 9.34 Å². The van der Waals surface area contributed by atoms with Crippen LogP contribution in [0.1, 0.15) is 37.0 Å². The van der Waals surface area contributed by atoms with Gasteiger partial charge in [0.15, 0.2) is 5.76 Å². The van der Waals surface area contributed by atoms with E-state index >= 15 is 0 Å². The summed E-state index contributed by atoms with van der Waals surface area (Å²) >= 11 is 0. The van der Waals surface area contributed by atoms with Crippen LogP contribution in [0.5, 0.6) is 0 Å². The number of pyridine rings is 1. The number of nitrogens with zero attached hydrogens (tertiary/aromatic N) is 2. The summed E-state index contributed by atoms with van der Waals surface area (Å²) < 4.78 is 5.48. The Hall–Kier alpha value is -2.69. The van der Waals surface area contributed by atoms with Gasteiger partial charge in [0.25, 0.3) is 0 Å². The molecule has 0 aliphatic heterocycles. The van der Waals surface area contributed by atoms with Crippen molar-refractivity contribution >= 4 is 16.6 Å². The standard InChI is InChI=1S/C17H16N2O3/c1-2-5-14(17-16(19(20)21)9-11-22-17)12-8-10-18-15-7-4-3-6-13(12)15/h3-4,6-11,14H,2,5H2,1H3. The van der Waals surface area contributed by atoms with E-state index in [1.54, 1.807) is 6.20 Å². The quantitative estimate of drug-likeness (QED) is 0.507. The van der Waals surface area contributed by atoms with Crippen LogP contribution >= 0.6 is 0 Å². The van der Waals surface area contributed by atoms with Crippen LogP contribution in [0, 0.1) is 10.1 Å². The maximum Gasteiger partial charge on any atom is 0.310 e. The van der Waals surface area contributed by atoms with E-state index in [0.717, 1.165) is 29.3 Å². The Morgan fingerprint density at radius 2 is 2.09 bits per heavy atom. The minimum atomic E-state index is -0.384. The Morgan fingerprint density at radius 1 is 1.27 bits per heavy atom. The smallest absolute Gasteiger partial charge is 0.310 e. The first-order valence-electron chi connectivity index (χ1n) is 7.27. The summed E-state index contributed by atoms with van der Waals surface area (Å²) in [7, 11) is 0. The summed E-state index contributed by atoms with van der Waals surface area (Å²) in [5.74, 6) is 0.275. The summed E-state index contributed by atoms with van der Waals surface area (Å²) in [5, 5.41) is 12.2. The van der Waals surface area contributed by atoms with Gasteiger partial charge in [-0.2, -0.15) is 0 Å². The number of para-hydroxylation sites is 1. The fraction of sp³-hybridized carbons (Fsp3) is 0.235. The predicted octanol–water partition coefficient (Wildman–Crippen LogP) is 4.67. The first-order chi connectivity index (χ1) is 10.7. The molecule has 22 heavy (non-hydrogen) atoms. The van der Waals surface area contributed by atoms with Crippen molar-refractivity contribution in [2.45, 2.75) is 25.7 Å². The zero-order chi connectivity index (χ0) is 15.5. The predicted molar refractivity (Wildman–Crippen MR) is 83.9 cm³/mol. The average Bonchev–Trinajstić information content (AvgIpc) is 3.02. The van der Waals surface area contributed by atoms with E-state index in [2.05, 4.69) is 11.9 Å². The molecule has 5 nitrogen and oxygen atoms in total. The van der Waals surface area contributed by atoms with Gasteiger partial charge in [0, 0.05) is 17.5 Å². The van der Waals surface area contributed by atoms with Crippen molar-refractivity contribution in [2.24, 2.45) is 0 Å². The number of furan rings is 1. The largest absolute Gasteiger partial charge is 0.461 e. The second-order valence-corrected chi connectivity index (χ2v) is 5.19. The lowest BCUT2D eigenvalue weighted by atomic mass is 9.89. The number of nitro groups is 1. The number of benzene rings is 1. The number of fused-ring (bicyclic) bond motifs is 1. The van der Waals surface area contributed by atoms with Gasteiger partial charge in [0.2, 0.25) is 0 Å². The maximum absolute atomic E-state index is 11.2. The fourth-order valence-electron chi connectivity index (χ4n) is 2.86. The molecule has 0 saturated carbocycles. The normalized spacial score (nSPS) is 12.4. The molecule has 0 bridgehead atoms. The zero-order valence-electron chi connectivity index (χ0n) is 12.2. The van der Waals surface area contributed by atoms with Crippen molar-refractivity contribution in [2.75, 3.05) is 0 Å². The molecule has 1 unspecified atom stereocenters. The molecule has 1 atom stereocenters. The Morgan fingerprint density at radius 3 is 2.86 bits per heavy atom. The van der Waals surface area contributed by atoms with Gasteiger partial charge in [-0.3, -0.25) is 15.1 Å². The van der Waals surface area contributed by atoms with E-state index in [-0.39, 0.29) is 16.5 Å². The second kappa shape index (κ2) is 5.97. The summed E-state index contributed by atoms with van der Waals surface area (Å²) in [6, 6.07) is 11.2. The van der Waals surface area contributed by atoms with Crippen molar-refractivity contribution in [3.63, 3.8) is 0 Å². The van der Waals surface area contributed by atoms with Gasteiger partial charge in [0.1, 0.15) is 0 Å². The van der Waals surface area contributed by atoms with Crippen molar-refractivity contribution in [1.29, 1.82) is 0 Å². The highest BCUT2D eigenvalue weighted by Crippen LogP contribution is 2.38. The third-order valence-electron chi connectivity index (χ3n) is 3.82. The van der Waals surface area contributed by atoms with E-state index in [9.17, 15) is 10.1 Å². The van der Waals surface area contributed by atoms with Crippen LogP contribution in [-0.2, 0) is 0 Å². The molecule has 0 saturated heterocycles. The van der Waals surface area contributed by atoms with Crippen LogP contribution in [-0.4, -0.2) is 9.91 Å². The maximum atomic E-state index is 11.2. The number of hydrogen-bond acceptors (Lipinski definition) is 4. The number of rotatable bonds is 5. The molecule has 0 N–H and O–H groups in total. The monoisotopic (exact) mass is 296 g/mol. The summed E-state index contributed by atoms with van der Waals surface area (Å²) in [6.07, 6.45) is 4.82. The van der Waals surface area contributed by atoms with E-state index in [4.69, 9.17) is 4.42 Å². The molecule has 2 aromatic heterocycles. The van der Waals surface area contributed by atoms with Gasteiger partial charge < -0.3 is 4.42 Å². The average molecular weight is 296 g/mol. The van der Waals surface area contributed by atoms with Crippen LogP contribution in [0.25, 0.3) is 10.9 Å². The second-order valence-electron chi connectivity index (χ2n) is 5.19. The van der Waals surface area contributed by atoms with Crippen LogP contribution in [0.4, 0.5) is 5.69 Å². The first kappa shape index (κ1) is 14.3. The molecule has 2 heterocycles. The Labute approximate surface area is 127 Å². The van der Waals surface area contributed by atoms with Crippen LogP contribution in [0.2, 0.25) is 0 Å². The van der Waals surface area contributed by atoms with Crippen molar-refractivity contribution in [3.8, 4) is 0 Å². The Kier molecular flexibility index (Phi) is 3.87. The topological polar surface area (TPSA) is 69.2 Å². The third kappa shape index (κ3) is 2.45. The van der Waals surface area contributed by atoms with Crippen LogP contribution in [0.15, 0.2) is 53.3 Å². The SMILES string of the molecule is CCCC(c1occc1[N+](=O)[O-])c1ccnc2ccccc12. The van der Waals surface area contributed by atoms with Gasteiger partial charge >= 0.3 is 5.69 Å². The minimum absolute atomic E-state index is 0.0411. The third-order valence-corrected chi connectivity index (χ3v) is 3.82. The molecular weight excluding hydrogens is 280 g/mol. The van der Waals surface area contributed by atoms with E-state index in [1.807, 2.05) is 30.3 Å². The molecule has 3 aromatic rings. The highest BCUT2D eigenvalue weighted by molar-refractivity contribution is 5.83. The van der Waals surface area contributed by atoms with E-state index < -0.39 is 0 Å². The van der Waals surface area contributed by atoms with E-state index in [0.29, 0.717) is 5.76 Å². The molecule has 112 valence electrons. The number of hydrogen-bond donors (Lipinski definition) is 0. The van der Waals surface area contributed by atoms with Gasteiger partial charge in [-0.15, -0.1) is 0 Å². The molecule has 1 aromatic carbocycles. The molecule has 0 radical (unpaired) electrons. The van der Waals surface area contributed by atoms with E-state index in [1.165, 1.54) is 12.3 Å². The van der Waals surface area contributed by atoms with Gasteiger partial charge in [-0.25, -0.2) is 0 Å². The summed E-state index contributed by atoms with van der Waals surface area (Å²) in [4.78, 5) is 15.2. The van der Waals surface area contributed by atoms with Crippen LogP contribution in [0.3, 0.4) is 0 Å². The molecule has 0 aliphatic rings. The molecule has 3 rings (SSSR count). The van der Waals surface area contributed by atoms with Gasteiger partial charge in [-0.1, -0.05) is 31.5 Å². The lowest BCUT2D eigenvalue weighted by Gasteiger charge is -2.16. The highest BCUT2D eigenvalue weighted by Gasteiger charge is 2.28. The number of aromatic nitrogens is 1. The summed E-state index contributed by atoms with van der Waals surface area (Å²) in [6.45, 7) is 2.06. The summed E-state index contributed by atoms with van der Waals surface area (Å²) in [5.41, 5.74) is 1.94. The molecular formula is C17H16N2O3. The molecule has 5 heteroatoms. The zero-order valence-corrected chi connectivity index (χ0v) is 12.2. The van der Waals surface area contributed by atoms with Crippen molar-refractivity contribution in [1.82, 2.24) is 4.98 Å². The van der Waals surface area contributed by atoms with Crippen LogP contribution < -0.4 is 0 Å². The molecule has 0 aliphatic carbocycles. The molecule has 0 spiro atoms. The molecule has 0 fully saturated rings. The Balaban J connectivity index is 2.18. The lowest BCUT2D eigenvalue weighted by Crippen LogP contribution is -2.04.